The monoisotopic (exact) mass is 379 g/mol. The number of hydrogen-bond acceptors (Lipinski definition) is 5. The van der Waals surface area contributed by atoms with Crippen LogP contribution in [0.15, 0.2) is 53.9 Å². The molecular weight excluding hydrogens is 358 g/mol. The quantitative estimate of drug-likeness (QED) is 0.610. The van der Waals surface area contributed by atoms with Crippen LogP contribution in [0.1, 0.15) is 19.3 Å². The summed E-state index contributed by atoms with van der Waals surface area (Å²) in [5.74, 6) is 1.09. The van der Waals surface area contributed by atoms with E-state index >= 15 is 0 Å². The largest absolute Gasteiger partial charge is 0.497 e. The minimum Gasteiger partial charge on any atom is -0.497 e. The highest BCUT2D eigenvalue weighted by Gasteiger charge is 2.25. The van der Waals surface area contributed by atoms with E-state index < -0.39 is 0 Å². The van der Waals surface area contributed by atoms with Crippen molar-refractivity contribution in [2.45, 2.75) is 19.3 Å². The number of rotatable bonds is 6. The lowest BCUT2D eigenvalue weighted by molar-refractivity contribution is -0.122. The Balaban J connectivity index is 1.47. The lowest BCUT2D eigenvalue weighted by Crippen LogP contribution is -2.27. The summed E-state index contributed by atoms with van der Waals surface area (Å²) >= 11 is 1.54. The Kier molecular flexibility index (Phi) is 5.07. The summed E-state index contributed by atoms with van der Waals surface area (Å²) in [6.45, 7) is 0. The second-order valence-electron chi connectivity index (χ2n) is 6.59. The van der Waals surface area contributed by atoms with Crippen LogP contribution in [0, 0.1) is 5.92 Å². The zero-order valence-electron chi connectivity index (χ0n) is 15.1. The molecule has 0 atom stereocenters. The number of carbonyl (C=O) groups is 1. The van der Waals surface area contributed by atoms with Gasteiger partial charge in [0.1, 0.15) is 5.75 Å². The number of benzene rings is 2. The van der Waals surface area contributed by atoms with Gasteiger partial charge in [-0.2, -0.15) is 0 Å². The van der Waals surface area contributed by atoms with Gasteiger partial charge in [-0.05, 0) is 37.1 Å². The van der Waals surface area contributed by atoms with Crippen molar-refractivity contribution in [3.8, 4) is 17.0 Å². The van der Waals surface area contributed by atoms with Crippen molar-refractivity contribution in [2.75, 3.05) is 17.7 Å². The van der Waals surface area contributed by atoms with E-state index in [1.165, 1.54) is 11.3 Å². The first-order chi connectivity index (χ1) is 13.2. The second kappa shape index (κ2) is 7.80. The van der Waals surface area contributed by atoms with Crippen molar-refractivity contribution in [1.82, 2.24) is 4.98 Å². The molecular formula is C21H21N3O2S. The molecule has 0 aliphatic heterocycles. The molecule has 3 aromatic rings. The molecule has 1 aliphatic carbocycles. The van der Waals surface area contributed by atoms with Crippen molar-refractivity contribution in [1.29, 1.82) is 0 Å². The zero-order valence-corrected chi connectivity index (χ0v) is 15.9. The molecule has 0 radical (unpaired) electrons. The van der Waals surface area contributed by atoms with E-state index in [1.54, 1.807) is 7.11 Å². The van der Waals surface area contributed by atoms with Gasteiger partial charge in [0, 0.05) is 34.3 Å². The Morgan fingerprint density at radius 3 is 2.74 bits per heavy atom. The molecule has 1 aliphatic rings. The number of carbonyl (C=O) groups excluding carboxylic acids is 1. The van der Waals surface area contributed by atoms with Crippen LogP contribution in [0.4, 0.5) is 16.5 Å². The number of ether oxygens (including phenoxy) is 1. The SMILES string of the molecule is COc1cccc(Nc2nc(-c3cccc(NC(=O)C4CCC4)c3)cs2)c1. The third kappa shape index (κ3) is 4.11. The summed E-state index contributed by atoms with van der Waals surface area (Å²) in [6, 6.07) is 15.6. The van der Waals surface area contributed by atoms with Crippen LogP contribution in [0.3, 0.4) is 0 Å². The molecule has 6 heteroatoms. The van der Waals surface area contributed by atoms with E-state index in [-0.39, 0.29) is 11.8 Å². The highest BCUT2D eigenvalue weighted by Crippen LogP contribution is 2.31. The standard InChI is InChI=1S/C21H21N3O2S/c1-26-18-10-4-9-17(12-18)23-21-24-19(13-27-21)15-7-3-8-16(11-15)22-20(25)14-5-2-6-14/h3-4,7-14H,2,5-6H2,1H3,(H,22,25)(H,23,24). The molecule has 138 valence electrons. The third-order valence-corrected chi connectivity index (χ3v) is 5.48. The van der Waals surface area contributed by atoms with Crippen molar-refractivity contribution >= 4 is 33.8 Å². The average molecular weight is 379 g/mol. The highest BCUT2D eigenvalue weighted by molar-refractivity contribution is 7.14. The van der Waals surface area contributed by atoms with Crippen molar-refractivity contribution < 1.29 is 9.53 Å². The zero-order chi connectivity index (χ0) is 18.6. The van der Waals surface area contributed by atoms with Gasteiger partial charge in [0.05, 0.1) is 12.8 Å². The molecule has 2 aromatic carbocycles. The van der Waals surface area contributed by atoms with Gasteiger partial charge >= 0.3 is 0 Å². The highest BCUT2D eigenvalue weighted by atomic mass is 32.1. The number of thiazole rings is 1. The van der Waals surface area contributed by atoms with E-state index in [4.69, 9.17) is 4.74 Å². The Labute approximate surface area is 162 Å². The lowest BCUT2D eigenvalue weighted by atomic mass is 9.85. The molecule has 4 rings (SSSR count). The van der Waals surface area contributed by atoms with Crippen LogP contribution < -0.4 is 15.4 Å². The van der Waals surface area contributed by atoms with Gasteiger partial charge < -0.3 is 15.4 Å². The van der Waals surface area contributed by atoms with Gasteiger partial charge in [-0.15, -0.1) is 11.3 Å². The molecule has 2 N–H and O–H groups in total. The first-order valence-electron chi connectivity index (χ1n) is 8.99. The normalized spacial score (nSPS) is 13.7. The van der Waals surface area contributed by atoms with E-state index in [9.17, 15) is 4.79 Å². The summed E-state index contributed by atoms with van der Waals surface area (Å²) < 4.78 is 5.25. The fraction of sp³-hybridized carbons (Fsp3) is 0.238. The van der Waals surface area contributed by atoms with Crippen molar-refractivity contribution in [2.24, 2.45) is 5.92 Å². The third-order valence-electron chi connectivity index (χ3n) is 4.73. The number of nitrogens with one attached hydrogen (secondary N) is 2. The maximum absolute atomic E-state index is 12.2. The number of amides is 1. The first-order valence-corrected chi connectivity index (χ1v) is 9.87. The number of methoxy groups -OCH3 is 1. The Morgan fingerprint density at radius 2 is 1.96 bits per heavy atom. The molecule has 1 aromatic heterocycles. The molecule has 0 saturated heterocycles. The van der Waals surface area contributed by atoms with Gasteiger partial charge in [-0.25, -0.2) is 4.98 Å². The second-order valence-corrected chi connectivity index (χ2v) is 7.45. The number of nitrogens with zero attached hydrogens (tertiary/aromatic N) is 1. The Morgan fingerprint density at radius 1 is 1.15 bits per heavy atom. The van der Waals surface area contributed by atoms with Gasteiger partial charge in [0.2, 0.25) is 5.91 Å². The smallest absolute Gasteiger partial charge is 0.227 e. The summed E-state index contributed by atoms with van der Waals surface area (Å²) in [7, 11) is 1.65. The Bertz CT molecular complexity index is 950. The number of anilines is 3. The van der Waals surface area contributed by atoms with E-state index in [0.29, 0.717) is 0 Å². The van der Waals surface area contributed by atoms with Gasteiger partial charge in [0.25, 0.3) is 0 Å². The predicted molar refractivity (Wildman–Crippen MR) is 110 cm³/mol. The predicted octanol–water partition coefficient (Wildman–Crippen LogP) is 5.30. The molecule has 5 nitrogen and oxygen atoms in total. The van der Waals surface area contributed by atoms with Gasteiger partial charge in [-0.1, -0.05) is 24.6 Å². The topological polar surface area (TPSA) is 63.2 Å². The summed E-state index contributed by atoms with van der Waals surface area (Å²) in [6.07, 6.45) is 3.15. The van der Waals surface area contributed by atoms with Crippen LogP contribution in [0.25, 0.3) is 11.3 Å². The lowest BCUT2D eigenvalue weighted by Gasteiger charge is -2.24. The van der Waals surface area contributed by atoms with Crippen LogP contribution in [-0.2, 0) is 4.79 Å². The summed E-state index contributed by atoms with van der Waals surface area (Å²) in [5.41, 5.74) is 3.61. The maximum Gasteiger partial charge on any atom is 0.227 e. The van der Waals surface area contributed by atoms with Crippen LogP contribution in [0.2, 0.25) is 0 Å². The van der Waals surface area contributed by atoms with Crippen molar-refractivity contribution in [3.05, 3.63) is 53.9 Å². The molecule has 1 heterocycles. The minimum atomic E-state index is 0.122. The van der Waals surface area contributed by atoms with Crippen molar-refractivity contribution in [3.63, 3.8) is 0 Å². The number of aromatic nitrogens is 1. The minimum absolute atomic E-state index is 0.122. The fourth-order valence-electron chi connectivity index (χ4n) is 2.96. The summed E-state index contributed by atoms with van der Waals surface area (Å²) in [4.78, 5) is 16.8. The molecule has 1 fully saturated rings. The van der Waals surface area contributed by atoms with Gasteiger partial charge in [0.15, 0.2) is 5.13 Å². The molecule has 1 saturated carbocycles. The van der Waals surface area contributed by atoms with Gasteiger partial charge in [-0.3, -0.25) is 4.79 Å². The first kappa shape index (κ1) is 17.5. The van der Waals surface area contributed by atoms with E-state index in [0.717, 1.165) is 52.8 Å². The molecule has 27 heavy (non-hydrogen) atoms. The Hall–Kier alpha value is -2.86. The molecule has 0 unspecified atom stereocenters. The molecule has 0 spiro atoms. The fourth-order valence-corrected chi connectivity index (χ4v) is 3.70. The van der Waals surface area contributed by atoms with E-state index in [2.05, 4.69) is 15.6 Å². The molecule has 1 amide bonds. The van der Waals surface area contributed by atoms with Crippen LogP contribution in [0.5, 0.6) is 5.75 Å². The maximum atomic E-state index is 12.2. The molecule has 0 bridgehead atoms. The van der Waals surface area contributed by atoms with Crippen LogP contribution in [-0.4, -0.2) is 18.0 Å². The number of hydrogen-bond donors (Lipinski definition) is 2. The van der Waals surface area contributed by atoms with E-state index in [1.807, 2.05) is 53.9 Å². The van der Waals surface area contributed by atoms with Crippen LogP contribution >= 0.6 is 11.3 Å². The average Bonchev–Trinajstić information content (AvgIpc) is 3.09. The summed E-state index contributed by atoms with van der Waals surface area (Å²) in [5, 5.41) is 9.14.